The van der Waals surface area contributed by atoms with Gasteiger partial charge in [-0.25, -0.2) is 4.98 Å². The van der Waals surface area contributed by atoms with E-state index in [1.807, 2.05) is 42.5 Å². The Morgan fingerprint density at radius 1 is 0.833 bits per heavy atom. The Morgan fingerprint density at radius 2 is 1.62 bits per heavy atom. The van der Waals surface area contributed by atoms with Crippen molar-refractivity contribution in [3.8, 4) is 10.6 Å². The molecule has 0 spiro atoms. The van der Waals surface area contributed by atoms with Gasteiger partial charge in [-0.3, -0.25) is 0 Å². The molecule has 0 fully saturated rings. The van der Waals surface area contributed by atoms with Crippen LogP contribution in [0.25, 0.3) is 20.8 Å². The molecule has 4 rings (SSSR count). The van der Waals surface area contributed by atoms with E-state index in [0.717, 1.165) is 26.5 Å². The Balaban J connectivity index is 1.68. The van der Waals surface area contributed by atoms with Crippen LogP contribution in [0.1, 0.15) is 0 Å². The van der Waals surface area contributed by atoms with Gasteiger partial charge in [-0.05, 0) is 47.5 Å². The van der Waals surface area contributed by atoms with Gasteiger partial charge in [-0.15, -0.1) is 11.3 Å². The first kappa shape index (κ1) is 15.3. The van der Waals surface area contributed by atoms with Gasteiger partial charge in [0.15, 0.2) is 0 Å². The van der Waals surface area contributed by atoms with Crippen molar-refractivity contribution in [3.05, 3.63) is 59.1 Å². The van der Waals surface area contributed by atoms with Crippen LogP contribution in [0, 0.1) is 0 Å². The Bertz CT molecular complexity index is 981. The van der Waals surface area contributed by atoms with Gasteiger partial charge in [-0.2, -0.15) is 15.0 Å². The molecular weight excluding hydrogens is 365 g/mol. The summed E-state index contributed by atoms with van der Waals surface area (Å²) in [5.41, 5.74) is 2.81. The molecule has 4 aromatic rings. The van der Waals surface area contributed by atoms with Crippen LogP contribution in [0.15, 0.2) is 48.5 Å². The summed E-state index contributed by atoms with van der Waals surface area (Å²) in [7, 11) is 0. The third-order valence-corrected chi connectivity index (χ3v) is 4.66. The van der Waals surface area contributed by atoms with E-state index < -0.39 is 0 Å². The number of aromatic nitrogens is 4. The lowest BCUT2D eigenvalue weighted by molar-refractivity contribution is 1.05. The summed E-state index contributed by atoms with van der Waals surface area (Å²) >= 11 is 13.2. The van der Waals surface area contributed by atoms with E-state index in [1.54, 1.807) is 11.3 Å². The van der Waals surface area contributed by atoms with Crippen molar-refractivity contribution in [1.29, 1.82) is 0 Å². The lowest BCUT2D eigenvalue weighted by atomic mass is 10.2. The molecule has 0 aliphatic carbocycles. The highest BCUT2D eigenvalue weighted by Crippen LogP contribution is 2.31. The van der Waals surface area contributed by atoms with Crippen molar-refractivity contribution in [2.24, 2.45) is 0 Å². The zero-order chi connectivity index (χ0) is 16.5. The summed E-state index contributed by atoms with van der Waals surface area (Å²) in [4.78, 5) is 16.4. The molecule has 0 aliphatic heterocycles. The highest BCUT2D eigenvalue weighted by atomic mass is 35.5. The Morgan fingerprint density at radius 3 is 2.42 bits per heavy atom. The predicted molar refractivity (Wildman–Crippen MR) is 98.2 cm³/mol. The predicted octanol–water partition coefficient (Wildman–Crippen LogP) is 5.20. The lowest BCUT2D eigenvalue weighted by Crippen LogP contribution is -1.99. The number of rotatable bonds is 3. The van der Waals surface area contributed by atoms with Crippen LogP contribution in [-0.4, -0.2) is 19.9 Å². The Hall–Kier alpha value is -2.28. The summed E-state index contributed by atoms with van der Waals surface area (Å²) in [6, 6.07) is 15.9. The van der Waals surface area contributed by atoms with Gasteiger partial charge in [0.05, 0.1) is 10.2 Å². The monoisotopic (exact) mass is 373 g/mol. The molecule has 0 saturated heterocycles. The zero-order valence-corrected chi connectivity index (χ0v) is 14.4. The van der Waals surface area contributed by atoms with Gasteiger partial charge in [0.25, 0.3) is 0 Å². The first-order valence-corrected chi connectivity index (χ1v) is 8.55. The summed E-state index contributed by atoms with van der Waals surface area (Å²) in [6.07, 6.45) is 0. The standard InChI is InChI=1S/C16H9Cl2N5S/c17-14-21-15(18)23-16(22-14)19-10-5-3-4-9(8-10)13-20-11-6-1-2-7-12(11)24-13/h1-8H,(H,19,21,22,23). The number of para-hydroxylation sites is 1. The third kappa shape index (κ3) is 3.17. The Labute approximate surface area is 151 Å². The quantitative estimate of drug-likeness (QED) is 0.534. The molecule has 0 aliphatic rings. The maximum Gasteiger partial charge on any atom is 0.232 e. The second-order valence-electron chi connectivity index (χ2n) is 4.89. The van der Waals surface area contributed by atoms with E-state index in [-0.39, 0.29) is 10.6 Å². The zero-order valence-electron chi connectivity index (χ0n) is 12.1. The van der Waals surface area contributed by atoms with Crippen molar-refractivity contribution in [1.82, 2.24) is 19.9 Å². The maximum atomic E-state index is 5.79. The average molecular weight is 374 g/mol. The minimum Gasteiger partial charge on any atom is -0.324 e. The van der Waals surface area contributed by atoms with Crippen molar-refractivity contribution >= 4 is 56.4 Å². The second kappa shape index (κ2) is 6.32. The fourth-order valence-corrected chi connectivity index (χ4v) is 3.56. The van der Waals surface area contributed by atoms with Crippen molar-refractivity contribution in [2.45, 2.75) is 0 Å². The molecule has 118 valence electrons. The van der Waals surface area contributed by atoms with Crippen LogP contribution in [0.2, 0.25) is 10.6 Å². The molecule has 0 unspecified atom stereocenters. The summed E-state index contributed by atoms with van der Waals surface area (Å²) < 4.78 is 1.15. The third-order valence-electron chi connectivity index (χ3n) is 3.24. The van der Waals surface area contributed by atoms with Gasteiger partial charge in [-0.1, -0.05) is 24.3 Å². The number of nitrogens with one attached hydrogen (secondary N) is 1. The number of benzene rings is 2. The van der Waals surface area contributed by atoms with E-state index in [1.165, 1.54) is 0 Å². The van der Waals surface area contributed by atoms with Crippen LogP contribution in [0.3, 0.4) is 0 Å². The highest BCUT2D eigenvalue weighted by Gasteiger charge is 2.08. The fourth-order valence-electron chi connectivity index (χ4n) is 2.24. The Kier molecular flexibility index (Phi) is 4.02. The summed E-state index contributed by atoms with van der Waals surface area (Å²) in [5.74, 6) is 0.293. The molecule has 8 heteroatoms. The molecule has 1 N–H and O–H groups in total. The smallest absolute Gasteiger partial charge is 0.232 e. The van der Waals surface area contributed by atoms with E-state index in [2.05, 4.69) is 31.3 Å². The minimum absolute atomic E-state index is 0.0415. The van der Waals surface area contributed by atoms with Crippen LogP contribution < -0.4 is 5.32 Å². The fraction of sp³-hybridized carbons (Fsp3) is 0. The van der Waals surface area contributed by atoms with Crippen molar-refractivity contribution in [2.75, 3.05) is 5.32 Å². The molecule has 0 saturated carbocycles. The first-order valence-electron chi connectivity index (χ1n) is 6.97. The summed E-state index contributed by atoms with van der Waals surface area (Å²) in [6.45, 7) is 0. The topological polar surface area (TPSA) is 63.6 Å². The molecule has 0 radical (unpaired) electrons. The van der Waals surface area contributed by atoms with Gasteiger partial charge in [0.2, 0.25) is 16.5 Å². The molecule has 0 amide bonds. The lowest BCUT2D eigenvalue weighted by Gasteiger charge is -2.06. The highest BCUT2D eigenvalue weighted by molar-refractivity contribution is 7.21. The number of halogens is 2. The van der Waals surface area contributed by atoms with E-state index in [0.29, 0.717) is 5.95 Å². The van der Waals surface area contributed by atoms with Crippen LogP contribution >= 0.6 is 34.5 Å². The van der Waals surface area contributed by atoms with Gasteiger partial charge in [0.1, 0.15) is 5.01 Å². The van der Waals surface area contributed by atoms with Crippen LogP contribution in [0.4, 0.5) is 11.6 Å². The summed E-state index contributed by atoms with van der Waals surface area (Å²) in [5, 5.41) is 4.11. The second-order valence-corrected chi connectivity index (χ2v) is 6.60. The largest absolute Gasteiger partial charge is 0.324 e. The molecule has 2 aromatic carbocycles. The van der Waals surface area contributed by atoms with Crippen LogP contribution in [-0.2, 0) is 0 Å². The number of fused-ring (bicyclic) bond motifs is 1. The number of nitrogens with zero attached hydrogens (tertiary/aromatic N) is 4. The van der Waals surface area contributed by atoms with Gasteiger partial charge >= 0.3 is 0 Å². The molecule has 2 heterocycles. The normalized spacial score (nSPS) is 10.9. The minimum atomic E-state index is 0.0415. The average Bonchev–Trinajstić information content (AvgIpc) is 2.98. The maximum absolute atomic E-state index is 5.79. The number of hydrogen-bond acceptors (Lipinski definition) is 6. The van der Waals surface area contributed by atoms with E-state index >= 15 is 0 Å². The van der Waals surface area contributed by atoms with E-state index in [4.69, 9.17) is 23.2 Å². The number of hydrogen-bond donors (Lipinski definition) is 1. The molecule has 5 nitrogen and oxygen atoms in total. The molecule has 24 heavy (non-hydrogen) atoms. The van der Waals surface area contributed by atoms with E-state index in [9.17, 15) is 0 Å². The molecule has 0 atom stereocenters. The molecule has 2 aromatic heterocycles. The first-order chi connectivity index (χ1) is 11.7. The van der Waals surface area contributed by atoms with Crippen molar-refractivity contribution in [3.63, 3.8) is 0 Å². The van der Waals surface area contributed by atoms with Crippen LogP contribution in [0.5, 0.6) is 0 Å². The number of anilines is 2. The molecule has 0 bridgehead atoms. The van der Waals surface area contributed by atoms with Gasteiger partial charge in [0, 0.05) is 11.3 Å². The van der Waals surface area contributed by atoms with Gasteiger partial charge < -0.3 is 5.32 Å². The SMILES string of the molecule is Clc1nc(Cl)nc(Nc2cccc(-c3nc4ccccc4s3)c2)n1. The molecular formula is C16H9Cl2N5S. The number of thiazole rings is 1. The van der Waals surface area contributed by atoms with Crippen molar-refractivity contribution < 1.29 is 0 Å².